The smallest absolute Gasteiger partial charge is 0.267 e. The Hall–Kier alpha value is -5.15. The molecule has 2 amide bonds. The van der Waals surface area contributed by atoms with Crippen LogP contribution in [-0.4, -0.2) is 26.7 Å². The fourth-order valence-corrected chi connectivity index (χ4v) is 4.03. The maximum absolute atomic E-state index is 12.8. The predicted molar refractivity (Wildman–Crippen MR) is 143 cm³/mol. The Balaban J connectivity index is 1.43. The minimum Gasteiger partial charge on any atom is -0.267 e. The van der Waals surface area contributed by atoms with Crippen LogP contribution >= 0.6 is 11.6 Å². The molecule has 0 saturated heterocycles. The summed E-state index contributed by atoms with van der Waals surface area (Å²) in [7, 11) is 0. The number of rotatable bonds is 5. The fraction of sp³-hybridized carbons (Fsp3) is 0. The first kappa shape index (κ1) is 24.5. The predicted octanol–water partition coefficient (Wildman–Crippen LogP) is 5.60. The Morgan fingerprint density at radius 1 is 0.684 bits per heavy atom. The second-order valence-corrected chi connectivity index (χ2v) is 8.60. The van der Waals surface area contributed by atoms with Crippen molar-refractivity contribution in [1.29, 1.82) is 0 Å². The molecule has 5 aromatic rings. The van der Waals surface area contributed by atoms with Crippen LogP contribution in [-0.2, 0) is 0 Å². The molecule has 38 heavy (non-hydrogen) atoms. The van der Waals surface area contributed by atoms with Crippen LogP contribution in [0.15, 0.2) is 97.1 Å². The lowest BCUT2D eigenvalue weighted by atomic mass is 10.0. The Morgan fingerprint density at radius 3 is 1.74 bits per heavy atom. The van der Waals surface area contributed by atoms with Crippen LogP contribution in [0.4, 0.5) is 5.69 Å². The first-order valence-corrected chi connectivity index (χ1v) is 11.8. The Morgan fingerprint density at radius 2 is 1.18 bits per heavy atom. The van der Waals surface area contributed by atoms with Crippen molar-refractivity contribution in [1.82, 2.24) is 20.8 Å². The second-order valence-electron chi connectivity index (χ2n) is 8.19. The van der Waals surface area contributed by atoms with E-state index >= 15 is 0 Å². The van der Waals surface area contributed by atoms with Crippen molar-refractivity contribution in [2.45, 2.75) is 0 Å². The van der Waals surface area contributed by atoms with Crippen molar-refractivity contribution in [3.05, 3.63) is 123 Å². The van der Waals surface area contributed by atoms with E-state index < -0.39 is 22.4 Å². The SMILES string of the molecule is O=C(NNC(=O)c1ccc2nc(-c3ccccc3)c(-c3ccccc3)nc2c1)c1ccc(Cl)c([N+](=O)[O-])c1. The highest BCUT2D eigenvalue weighted by molar-refractivity contribution is 6.32. The van der Waals surface area contributed by atoms with Gasteiger partial charge in [-0.15, -0.1) is 0 Å². The quantitative estimate of drug-likeness (QED) is 0.228. The number of nitrogens with one attached hydrogen (secondary N) is 2. The number of aromatic nitrogens is 2. The summed E-state index contributed by atoms with van der Waals surface area (Å²) in [5.74, 6) is -1.34. The number of nitro groups is 1. The zero-order valence-corrected chi connectivity index (χ0v) is 20.3. The molecule has 10 heteroatoms. The molecule has 0 spiro atoms. The average molecular weight is 524 g/mol. The maximum atomic E-state index is 12.8. The average Bonchev–Trinajstić information content (AvgIpc) is 2.95. The van der Waals surface area contributed by atoms with Crippen molar-refractivity contribution in [2.75, 3.05) is 0 Å². The lowest BCUT2D eigenvalue weighted by Gasteiger charge is -2.12. The number of benzene rings is 4. The van der Waals surface area contributed by atoms with E-state index in [1.807, 2.05) is 60.7 Å². The van der Waals surface area contributed by atoms with E-state index in [0.717, 1.165) is 17.2 Å². The van der Waals surface area contributed by atoms with Gasteiger partial charge in [0, 0.05) is 28.3 Å². The summed E-state index contributed by atoms with van der Waals surface area (Å²) in [6, 6.07) is 27.8. The van der Waals surface area contributed by atoms with Crippen LogP contribution in [0.25, 0.3) is 33.5 Å². The first-order valence-electron chi connectivity index (χ1n) is 11.4. The van der Waals surface area contributed by atoms with Gasteiger partial charge in [-0.3, -0.25) is 30.6 Å². The minimum atomic E-state index is -0.738. The van der Waals surface area contributed by atoms with Crippen molar-refractivity contribution in [2.24, 2.45) is 0 Å². The molecule has 4 aromatic carbocycles. The van der Waals surface area contributed by atoms with Gasteiger partial charge in [0.05, 0.1) is 27.3 Å². The largest absolute Gasteiger partial charge is 0.288 e. The zero-order chi connectivity index (χ0) is 26.6. The molecular weight excluding hydrogens is 506 g/mol. The normalized spacial score (nSPS) is 10.7. The second kappa shape index (κ2) is 10.5. The summed E-state index contributed by atoms with van der Waals surface area (Å²) in [5, 5.41) is 11.0. The number of carbonyl (C=O) groups is 2. The standard InChI is InChI=1S/C28H18ClN5O4/c29-21-13-11-20(16-24(21)34(37)38)28(36)33-32-27(35)19-12-14-22-23(15-19)31-26(18-9-5-2-6-10-18)25(30-22)17-7-3-1-4-8-17/h1-16H,(H,32,35)(H,33,36). The third-order valence-corrected chi connectivity index (χ3v) is 6.04. The molecule has 1 heterocycles. The van der Waals surface area contributed by atoms with Gasteiger partial charge in [0.2, 0.25) is 0 Å². The zero-order valence-electron chi connectivity index (χ0n) is 19.6. The van der Waals surface area contributed by atoms with E-state index in [9.17, 15) is 19.7 Å². The lowest BCUT2D eigenvalue weighted by Crippen LogP contribution is -2.41. The number of halogens is 1. The monoisotopic (exact) mass is 523 g/mol. The van der Waals surface area contributed by atoms with Crippen molar-refractivity contribution >= 4 is 40.1 Å². The van der Waals surface area contributed by atoms with Crippen molar-refractivity contribution in [3.63, 3.8) is 0 Å². The van der Waals surface area contributed by atoms with E-state index in [4.69, 9.17) is 21.6 Å². The van der Waals surface area contributed by atoms with Gasteiger partial charge in [-0.05, 0) is 30.3 Å². The molecule has 2 N–H and O–H groups in total. The molecule has 186 valence electrons. The summed E-state index contributed by atoms with van der Waals surface area (Å²) < 4.78 is 0. The fourth-order valence-electron chi connectivity index (χ4n) is 3.84. The summed E-state index contributed by atoms with van der Waals surface area (Å²) in [4.78, 5) is 45.3. The van der Waals surface area contributed by atoms with Gasteiger partial charge in [0.15, 0.2) is 0 Å². The Kier molecular flexibility index (Phi) is 6.75. The number of nitrogens with zero attached hydrogens (tertiary/aromatic N) is 3. The van der Waals surface area contributed by atoms with Gasteiger partial charge in [0.25, 0.3) is 17.5 Å². The summed E-state index contributed by atoms with van der Waals surface area (Å²) in [5.41, 5.74) is 8.62. The number of carbonyl (C=O) groups excluding carboxylic acids is 2. The van der Waals surface area contributed by atoms with Crippen LogP contribution in [0.5, 0.6) is 0 Å². The molecule has 0 unspecified atom stereocenters. The van der Waals surface area contributed by atoms with Gasteiger partial charge >= 0.3 is 0 Å². The van der Waals surface area contributed by atoms with Crippen LogP contribution in [0.1, 0.15) is 20.7 Å². The minimum absolute atomic E-state index is 0.0354. The summed E-state index contributed by atoms with van der Waals surface area (Å²) >= 11 is 5.79. The molecule has 0 radical (unpaired) electrons. The number of hydrogen-bond acceptors (Lipinski definition) is 6. The summed E-state index contributed by atoms with van der Waals surface area (Å²) in [6.45, 7) is 0. The van der Waals surface area contributed by atoms with E-state index in [1.165, 1.54) is 12.1 Å². The molecule has 0 aliphatic heterocycles. The maximum Gasteiger partial charge on any atom is 0.288 e. The number of hydrogen-bond donors (Lipinski definition) is 2. The topological polar surface area (TPSA) is 127 Å². The lowest BCUT2D eigenvalue weighted by molar-refractivity contribution is -0.384. The van der Waals surface area contributed by atoms with E-state index in [1.54, 1.807) is 18.2 Å². The van der Waals surface area contributed by atoms with E-state index in [0.29, 0.717) is 22.4 Å². The number of fused-ring (bicyclic) bond motifs is 1. The number of amides is 2. The Labute approximate surface area is 221 Å². The molecule has 0 saturated carbocycles. The highest BCUT2D eigenvalue weighted by atomic mass is 35.5. The van der Waals surface area contributed by atoms with Gasteiger partial charge in [-0.2, -0.15) is 0 Å². The first-order chi connectivity index (χ1) is 18.4. The molecule has 5 rings (SSSR count). The Bertz CT molecular complexity index is 1690. The number of hydrazine groups is 1. The third-order valence-electron chi connectivity index (χ3n) is 5.72. The van der Waals surface area contributed by atoms with E-state index in [-0.39, 0.29) is 16.1 Å². The van der Waals surface area contributed by atoms with Crippen molar-refractivity contribution in [3.8, 4) is 22.5 Å². The third kappa shape index (κ3) is 5.04. The summed E-state index contributed by atoms with van der Waals surface area (Å²) in [6.07, 6.45) is 0. The number of nitro benzene ring substituents is 1. The molecule has 1 aromatic heterocycles. The van der Waals surface area contributed by atoms with Gasteiger partial charge in [-0.25, -0.2) is 9.97 Å². The molecule has 0 fully saturated rings. The van der Waals surface area contributed by atoms with Crippen LogP contribution < -0.4 is 10.9 Å². The molecule has 0 atom stereocenters. The van der Waals surface area contributed by atoms with Crippen LogP contribution in [0, 0.1) is 10.1 Å². The molecule has 0 aliphatic carbocycles. The van der Waals surface area contributed by atoms with Crippen LogP contribution in [0.2, 0.25) is 5.02 Å². The molecular formula is C28H18ClN5O4. The molecule has 9 nitrogen and oxygen atoms in total. The van der Waals surface area contributed by atoms with Crippen LogP contribution in [0.3, 0.4) is 0 Å². The van der Waals surface area contributed by atoms with Gasteiger partial charge in [-0.1, -0.05) is 72.3 Å². The molecule has 0 bridgehead atoms. The van der Waals surface area contributed by atoms with Gasteiger partial charge in [0.1, 0.15) is 5.02 Å². The van der Waals surface area contributed by atoms with Crippen molar-refractivity contribution < 1.29 is 14.5 Å². The highest BCUT2D eigenvalue weighted by Crippen LogP contribution is 2.31. The highest BCUT2D eigenvalue weighted by Gasteiger charge is 2.18. The molecule has 0 aliphatic rings. The van der Waals surface area contributed by atoms with Gasteiger partial charge < -0.3 is 0 Å². The van der Waals surface area contributed by atoms with E-state index in [2.05, 4.69) is 10.9 Å².